The predicted octanol–water partition coefficient (Wildman–Crippen LogP) is 2.56. The summed E-state index contributed by atoms with van der Waals surface area (Å²) in [6.07, 6.45) is 2.53. The molecule has 0 saturated carbocycles. The summed E-state index contributed by atoms with van der Waals surface area (Å²) in [6.45, 7) is 0. The van der Waals surface area contributed by atoms with Crippen LogP contribution < -0.4 is 0 Å². The monoisotopic (exact) mass is 226 g/mol. The zero-order chi connectivity index (χ0) is 8.55. The van der Waals surface area contributed by atoms with Crippen molar-refractivity contribution in [1.29, 1.82) is 0 Å². The molecule has 2 rings (SSSR count). The van der Waals surface area contributed by atoms with E-state index in [9.17, 15) is 0 Å². The quantitative estimate of drug-likeness (QED) is 0.716. The highest BCUT2D eigenvalue weighted by Gasteiger charge is 2.20. The molecule has 0 spiro atoms. The van der Waals surface area contributed by atoms with Gasteiger partial charge in [0.2, 0.25) is 0 Å². The van der Waals surface area contributed by atoms with Gasteiger partial charge in [-0.1, -0.05) is 22.0 Å². The Labute approximate surface area is 80.9 Å². The van der Waals surface area contributed by atoms with Gasteiger partial charge in [0.15, 0.2) is 0 Å². The first-order chi connectivity index (χ1) is 5.79. The minimum absolute atomic E-state index is 0.397. The van der Waals surface area contributed by atoms with Gasteiger partial charge in [-0.25, -0.2) is 0 Å². The third kappa shape index (κ3) is 1.41. The van der Waals surface area contributed by atoms with Gasteiger partial charge in [0.05, 0.1) is 6.10 Å². The van der Waals surface area contributed by atoms with E-state index >= 15 is 0 Å². The van der Waals surface area contributed by atoms with Crippen LogP contribution >= 0.6 is 15.9 Å². The summed E-state index contributed by atoms with van der Waals surface area (Å²) in [7, 11) is 1.78. The minimum Gasteiger partial charge on any atom is -0.381 e. The average molecular weight is 227 g/mol. The van der Waals surface area contributed by atoms with E-state index < -0.39 is 0 Å². The zero-order valence-corrected chi connectivity index (χ0v) is 8.60. The number of rotatable bonds is 1. The Bertz CT molecular complexity index is 296. The van der Waals surface area contributed by atoms with E-state index in [1.165, 1.54) is 11.1 Å². The molecular weight excluding hydrogens is 216 g/mol. The standard InChI is InChI=1S/C10H11BrO/c1-12-10-5-7-2-3-9(11)4-8(7)6-10/h2-4,10H,5-6H2,1H3/t10-/m1/s1. The van der Waals surface area contributed by atoms with Gasteiger partial charge in [-0.2, -0.15) is 0 Å². The molecule has 1 aliphatic rings. The first-order valence-electron chi connectivity index (χ1n) is 4.09. The first kappa shape index (κ1) is 8.27. The van der Waals surface area contributed by atoms with Gasteiger partial charge in [0.1, 0.15) is 0 Å². The molecule has 0 saturated heterocycles. The van der Waals surface area contributed by atoms with Crippen LogP contribution in [-0.4, -0.2) is 13.2 Å². The van der Waals surface area contributed by atoms with Crippen LogP contribution in [0.4, 0.5) is 0 Å². The highest BCUT2D eigenvalue weighted by atomic mass is 79.9. The van der Waals surface area contributed by atoms with E-state index in [1.807, 2.05) is 0 Å². The molecule has 1 nitrogen and oxygen atoms in total. The predicted molar refractivity (Wildman–Crippen MR) is 52.3 cm³/mol. The lowest BCUT2D eigenvalue weighted by Gasteiger charge is -2.03. The van der Waals surface area contributed by atoms with Crippen LogP contribution in [0.1, 0.15) is 11.1 Å². The Hall–Kier alpha value is -0.340. The van der Waals surface area contributed by atoms with Gasteiger partial charge in [0.25, 0.3) is 0 Å². The molecule has 0 amide bonds. The van der Waals surface area contributed by atoms with Crippen molar-refractivity contribution in [2.75, 3.05) is 7.11 Å². The number of halogens is 1. The largest absolute Gasteiger partial charge is 0.381 e. The topological polar surface area (TPSA) is 9.23 Å². The van der Waals surface area contributed by atoms with E-state index in [1.54, 1.807) is 7.11 Å². The number of hydrogen-bond acceptors (Lipinski definition) is 1. The van der Waals surface area contributed by atoms with Crippen LogP contribution in [0.5, 0.6) is 0 Å². The number of fused-ring (bicyclic) bond motifs is 1. The lowest BCUT2D eigenvalue weighted by molar-refractivity contribution is 0.112. The van der Waals surface area contributed by atoms with Gasteiger partial charge in [-0.15, -0.1) is 0 Å². The number of methoxy groups -OCH3 is 1. The number of hydrogen-bond donors (Lipinski definition) is 0. The van der Waals surface area contributed by atoms with Crippen molar-refractivity contribution in [2.45, 2.75) is 18.9 Å². The van der Waals surface area contributed by atoms with Crippen LogP contribution in [0.25, 0.3) is 0 Å². The first-order valence-corrected chi connectivity index (χ1v) is 4.89. The molecule has 12 heavy (non-hydrogen) atoms. The highest BCUT2D eigenvalue weighted by molar-refractivity contribution is 9.10. The fourth-order valence-electron chi connectivity index (χ4n) is 1.71. The van der Waals surface area contributed by atoms with E-state index in [0.29, 0.717) is 6.10 Å². The van der Waals surface area contributed by atoms with Crippen LogP contribution in [0, 0.1) is 0 Å². The molecule has 64 valence electrons. The molecule has 1 aromatic rings. The summed E-state index contributed by atoms with van der Waals surface area (Å²) in [5.74, 6) is 0. The molecule has 0 bridgehead atoms. The highest BCUT2D eigenvalue weighted by Crippen LogP contribution is 2.26. The van der Waals surface area contributed by atoms with Gasteiger partial charge in [-0.3, -0.25) is 0 Å². The van der Waals surface area contributed by atoms with E-state index in [4.69, 9.17) is 4.74 Å². The molecule has 0 N–H and O–H groups in total. The summed E-state index contributed by atoms with van der Waals surface area (Å²) in [5, 5.41) is 0. The number of benzene rings is 1. The third-order valence-electron chi connectivity index (χ3n) is 2.40. The van der Waals surface area contributed by atoms with Gasteiger partial charge < -0.3 is 4.74 Å². The van der Waals surface area contributed by atoms with Crippen LogP contribution in [0.15, 0.2) is 22.7 Å². The molecule has 0 fully saturated rings. The molecule has 0 aromatic heterocycles. The zero-order valence-electron chi connectivity index (χ0n) is 7.01. The van der Waals surface area contributed by atoms with Crippen LogP contribution in [0.3, 0.4) is 0 Å². The van der Waals surface area contributed by atoms with Crippen molar-refractivity contribution in [3.05, 3.63) is 33.8 Å². The molecule has 0 aliphatic heterocycles. The number of ether oxygens (including phenoxy) is 1. The van der Waals surface area contributed by atoms with Crippen LogP contribution in [-0.2, 0) is 17.6 Å². The van der Waals surface area contributed by atoms with E-state index in [-0.39, 0.29) is 0 Å². The van der Waals surface area contributed by atoms with Gasteiger partial charge in [-0.05, 0) is 36.1 Å². The summed E-state index contributed by atoms with van der Waals surface area (Å²) in [6, 6.07) is 6.46. The Balaban J connectivity index is 2.30. The second kappa shape index (κ2) is 3.19. The lowest BCUT2D eigenvalue weighted by atomic mass is 10.1. The molecule has 0 heterocycles. The Morgan fingerprint density at radius 1 is 1.33 bits per heavy atom. The molecule has 1 atom stereocenters. The van der Waals surface area contributed by atoms with Crippen molar-refractivity contribution >= 4 is 15.9 Å². The fraction of sp³-hybridized carbons (Fsp3) is 0.400. The maximum Gasteiger partial charge on any atom is 0.0652 e. The molecule has 0 radical (unpaired) electrons. The van der Waals surface area contributed by atoms with Crippen molar-refractivity contribution in [1.82, 2.24) is 0 Å². The summed E-state index contributed by atoms with van der Waals surface area (Å²) < 4.78 is 6.48. The second-order valence-electron chi connectivity index (χ2n) is 3.18. The average Bonchev–Trinajstić information content (AvgIpc) is 2.46. The van der Waals surface area contributed by atoms with Crippen LogP contribution in [0.2, 0.25) is 0 Å². The summed E-state index contributed by atoms with van der Waals surface area (Å²) in [4.78, 5) is 0. The Morgan fingerprint density at radius 3 is 2.83 bits per heavy atom. The second-order valence-corrected chi connectivity index (χ2v) is 4.09. The van der Waals surface area contributed by atoms with E-state index in [0.717, 1.165) is 17.3 Å². The summed E-state index contributed by atoms with van der Waals surface area (Å²) in [5.41, 5.74) is 2.86. The molecule has 0 unspecified atom stereocenters. The van der Waals surface area contributed by atoms with Crippen molar-refractivity contribution in [3.63, 3.8) is 0 Å². The molecule has 1 aliphatic carbocycles. The van der Waals surface area contributed by atoms with Crippen molar-refractivity contribution in [2.24, 2.45) is 0 Å². The smallest absolute Gasteiger partial charge is 0.0652 e. The maximum atomic E-state index is 5.32. The van der Waals surface area contributed by atoms with E-state index in [2.05, 4.69) is 34.1 Å². The van der Waals surface area contributed by atoms with Gasteiger partial charge >= 0.3 is 0 Å². The fourth-order valence-corrected chi connectivity index (χ4v) is 2.12. The molecular formula is C10H11BrO. The lowest BCUT2D eigenvalue weighted by Crippen LogP contribution is -2.08. The maximum absolute atomic E-state index is 5.32. The summed E-state index contributed by atoms with van der Waals surface area (Å²) >= 11 is 3.47. The molecule has 2 heteroatoms. The van der Waals surface area contributed by atoms with Crippen molar-refractivity contribution in [3.8, 4) is 0 Å². The van der Waals surface area contributed by atoms with Gasteiger partial charge in [0, 0.05) is 11.6 Å². The Kier molecular flexibility index (Phi) is 2.20. The van der Waals surface area contributed by atoms with Crippen molar-refractivity contribution < 1.29 is 4.74 Å². The SMILES string of the molecule is CO[C@@H]1Cc2ccc(Br)cc2C1. The Morgan fingerprint density at radius 2 is 2.08 bits per heavy atom. The third-order valence-corrected chi connectivity index (χ3v) is 2.89. The molecule has 1 aromatic carbocycles. The minimum atomic E-state index is 0.397. The normalized spacial score (nSPS) is 21.0.